The van der Waals surface area contributed by atoms with E-state index in [1.165, 1.54) is 0 Å². The van der Waals surface area contributed by atoms with Crippen LogP contribution >= 0.6 is 0 Å². The summed E-state index contributed by atoms with van der Waals surface area (Å²) < 4.78 is 82.5. The van der Waals surface area contributed by atoms with Crippen molar-refractivity contribution >= 4 is 0 Å². The minimum Gasteiger partial charge on any atom is -0.379 e. The first-order chi connectivity index (χ1) is 8.47. The first kappa shape index (κ1) is 15.6. The van der Waals surface area contributed by atoms with Crippen LogP contribution in [0.4, 0.5) is 26.3 Å². The van der Waals surface area contributed by atoms with Crippen molar-refractivity contribution in [2.75, 3.05) is 7.11 Å². The maximum absolute atomic E-state index is 13.0. The van der Waals surface area contributed by atoms with Gasteiger partial charge in [-0.05, 0) is 0 Å². The number of methoxy groups -OCH3 is 1. The Morgan fingerprint density at radius 1 is 0.947 bits per heavy atom. The number of nitrogens with zero attached hydrogens (tertiary/aromatic N) is 2. The average Bonchev–Trinajstić information content (AvgIpc) is 2.23. The van der Waals surface area contributed by atoms with E-state index in [1.807, 2.05) is 0 Å². The van der Waals surface area contributed by atoms with E-state index in [1.54, 1.807) is 0 Å². The van der Waals surface area contributed by atoms with Crippen LogP contribution in [0.2, 0.25) is 0 Å². The van der Waals surface area contributed by atoms with Gasteiger partial charge in [0.2, 0.25) is 5.41 Å². The third-order valence-corrected chi connectivity index (χ3v) is 3.69. The van der Waals surface area contributed by atoms with E-state index in [4.69, 9.17) is 10.5 Å². The molecule has 1 saturated carbocycles. The quantitative estimate of drug-likeness (QED) is 0.696. The van der Waals surface area contributed by atoms with Crippen molar-refractivity contribution in [2.45, 2.75) is 25.4 Å². The van der Waals surface area contributed by atoms with Crippen LogP contribution in [0.25, 0.3) is 0 Å². The predicted octanol–water partition coefficient (Wildman–Crippen LogP) is 2.80. The van der Waals surface area contributed by atoms with Gasteiger partial charge in [-0.25, -0.2) is 0 Å². The minimum atomic E-state index is -5.54. The van der Waals surface area contributed by atoms with Gasteiger partial charge in [-0.1, -0.05) is 6.92 Å². The van der Waals surface area contributed by atoms with Gasteiger partial charge in [-0.3, -0.25) is 0 Å². The van der Waals surface area contributed by atoms with Gasteiger partial charge in [-0.15, -0.1) is 0 Å². The average molecular weight is 286 g/mol. The standard InChI is InChI=1S/C10H8F6N2O/c1-5-6(19-2)8(4-18,10(14,15)16)7(5,3-17)9(11,12)13/h5-6H,1-2H3/t5-,6+,7-,8-/m0/s1. The lowest BCUT2D eigenvalue weighted by atomic mass is 9.42. The van der Waals surface area contributed by atoms with Crippen LogP contribution in [0.5, 0.6) is 0 Å². The van der Waals surface area contributed by atoms with Crippen LogP contribution in [-0.2, 0) is 4.74 Å². The molecule has 0 aromatic heterocycles. The molecule has 4 atom stereocenters. The molecule has 1 aliphatic rings. The smallest absolute Gasteiger partial charge is 0.379 e. The van der Waals surface area contributed by atoms with Crippen molar-refractivity contribution in [2.24, 2.45) is 16.7 Å². The van der Waals surface area contributed by atoms with Gasteiger partial charge in [0.1, 0.15) is 0 Å². The summed E-state index contributed by atoms with van der Waals surface area (Å²) in [5, 5.41) is 17.4. The van der Waals surface area contributed by atoms with Crippen LogP contribution in [0.15, 0.2) is 0 Å². The fourth-order valence-corrected chi connectivity index (χ4v) is 2.81. The molecule has 0 aliphatic heterocycles. The van der Waals surface area contributed by atoms with E-state index in [9.17, 15) is 26.3 Å². The van der Waals surface area contributed by atoms with Crippen molar-refractivity contribution in [1.82, 2.24) is 0 Å². The molecule has 0 aromatic carbocycles. The van der Waals surface area contributed by atoms with Crippen LogP contribution < -0.4 is 0 Å². The Morgan fingerprint density at radius 3 is 1.53 bits per heavy atom. The first-order valence-corrected chi connectivity index (χ1v) is 4.96. The summed E-state index contributed by atoms with van der Waals surface area (Å²) in [6.07, 6.45) is -13.1. The number of hydrogen-bond donors (Lipinski definition) is 0. The van der Waals surface area contributed by atoms with E-state index in [0.29, 0.717) is 12.1 Å². The molecule has 1 fully saturated rings. The highest BCUT2D eigenvalue weighted by Gasteiger charge is 2.90. The molecule has 0 aromatic rings. The van der Waals surface area contributed by atoms with Crippen molar-refractivity contribution < 1.29 is 31.1 Å². The molecule has 0 spiro atoms. The maximum Gasteiger partial charge on any atom is 0.411 e. The molecule has 0 bridgehead atoms. The van der Waals surface area contributed by atoms with E-state index in [-0.39, 0.29) is 0 Å². The zero-order valence-electron chi connectivity index (χ0n) is 9.73. The number of nitriles is 2. The van der Waals surface area contributed by atoms with Gasteiger partial charge < -0.3 is 4.74 Å². The molecule has 19 heavy (non-hydrogen) atoms. The molecule has 106 valence electrons. The fourth-order valence-electron chi connectivity index (χ4n) is 2.81. The van der Waals surface area contributed by atoms with Crippen LogP contribution in [0, 0.1) is 39.4 Å². The number of ether oxygens (including phenoxy) is 1. The third-order valence-electron chi connectivity index (χ3n) is 3.69. The van der Waals surface area contributed by atoms with Gasteiger partial charge in [-0.2, -0.15) is 36.9 Å². The Balaban J connectivity index is 3.66. The molecule has 0 N–H and O–H groups in total. The van der Waals surface area contributed by atoms with Gasteiger partial charge in [0.25, 0.3) is 0 Å². The highest BCUT2D eigenvalue weighted by molar-refractivity contribution is 5.37. The monoisotopic (exact) mass is 286 g/mol. The van der Waals surface area contributed by atoms with Crippen LogP contribution in [0.3, 0.4) is 0 Å². The van der Waals surface area contributed by atoms with Gasteiger partial charge in [0.05, 0.1) is 18.2 Å². The normalized spacial score (nSPS) is 39.1. The predicted molar refractivity (Wildman–Crippen MR) is 48.2 cm³/mol. The Hall–Kier alpha value is -1.48. The SMILES string of the molecule is CO[C@@H]1[C@H](C)[C@](C#N)(C(F)(F)F)[C@@]1(C#N)C(F)(F)F. The number of hydrogen-bond acceptors (Lipinski definition) is 3. The summed E-state index contributed by atoms with van der Waals surface area (Å²) in [4.78, 5) is 0. The van der Waals surface area contributed by atoms with Crippen molar-refractivity contribution in [3.05, 3.63) is 0 Å². The molecule has 1 aliphatic carbocycles. The highest BCUT2D eigenvalue weighted by Crippen LogP contribution is 2.72. The van der Waals surface area contributed by atoms with E-state index >= 15 is 0 Å². The number of alkyl halides is 6. The van der Waals surface area contributed by atoms with E-state index in [0.717, 1.165) is 14.0 Å². The first-order valence-electron chi connectivity index (χ1n) is 4.96. The molecule has 0 unspecified atom stereocenters. The molecule has 0 heterocycles. The topological polar surface area (TPSA) is 56.8 Å². The molecule has 0 saturated heterocycles. The summed E-state index contributed by atoms with van der Waals surface area (Å²) in [6.45, 7) is 0.812. The second-order valence-electron chi connectivity index (χ2n) is 4.28. The summed E-state index contributed by atoms with van der Waals surface area (Å²) >= 11 is 0. The highest BCUT2D eigenvalue weighted by atomic mass is 19.4. The lowest BCUT2D eigenvalue weighted by molar-refractivity contribution is -0.401. The van der Waals surface area contributed by atoms with E-state index < -0.39 is 35.2 Å². The second-order valence-corrected chi connectivity index (χ2v) is 4.28. The Morgan fingerprint density at radius 2 is 1.32 bits per heavy atom. The fraction of sp³-hybridized carbons (Fsp3) is 0.800. The molecule has 0 radical (unpaired) electrons. The number of halogens is 6. The third kappa shape index (κ3) is 1.42. The molecule has 3 nitrogen and oxygen atoms in total. The van der Waals surface area contributed by atoms with E-state index in [2.05, 4.69) is 4.74 Å². The lowest BCUT2D eigenvalue weighted by Gasteiger charge is -2.60. The zero-order valence-corrected chi connectivity index (χ0v) is 9.73. The van der Waals surface area contributed by atoms with Crippen molar-refractivity contribution in [3.8, 4) is 12.1 Å². The number of rotatable bonds is 1. The molecule has 1 rings (SSSR count). The summed E-state index contributed by atoms with van der Waals surface area (Å²) in [5.74, 6) is -1.80. The zero-order chi connectivity index (χ0) is 15.3. The van der Waals surface area contributed by atoms with Crippen molar-refractivity contribution in [3.63, 3.8) is 0 Å². The molecule has 0 amide bonds. The van der Waals surface area contributed by atoms with Gasteiger partial charge in [0, 0.05) is 13.0 Å². The van der Waals surface area contributed by atoms with Crippen LogP contribution in [0.1, 0.15) is 6.92 Å². The largest absolute Gasteiger partial charge is 0.411 e. The molecular weight excluding hydrogens is 278 g/mol. The summed E-state index contributed by atoms with van der Waals surface area (Å²) in [7, 11) is 0.774. The molecule has 9 heteroatoms. The summed E-state index contributed by atoms with van der Waals surface area (Å²) in [5.41, 5.74) is -7.74. The Labute approximate surface area is 104 Å². The lowest BCUT2D eigenvalue weighted by Crippen LogP contribution is -2.77. The Kier molecular flexibility index (Phi) is 3.28. The van der Waals surface area contributed by atoms with Gasteiger partial charge in [0.15, 0.2) is 5.41 Å². The van der Waals surface area contributed by atoms with Crippen LogP contribution in [-0.4, -0.2) is 25.6 Å². The Bertz CT molecular complexity index is 459. The minimum absolute atomic E-state index is 0.642. The molecular formula is C10H8F6N2O. The van der Waals surface area contributed by atoms with Gasteiger partial charge >= 0.3 is 12.4 Å². The maximum atomic E-state index is 13.0. The second kappa shape index (κ2) is 4.01. The summed E-state index contributed by atoms with van der Waals surface area (Å²) in [6, 6.07) is 1.31. The van der Waals surface area contributed by atoms with Crippen molar-refractivity contribution in [1.29, 1.82) is 10.5 Å².